The molecule has 11 heteroatoms. The lowest BCUT2D eigenvalue weighted by molar-refractivity contribution is -0.140. The highest BCUT2D eigenvalue weighted by molar-refractivity contribution is 7.92. The van der Waals surface area contributed by atoms with Crippen molar-refractivity contribution in [3.8, 4) is 5.75 Å². The summed E-state index contributed by atoms with van der Waals surface area (Å²) in [4.78, 5) is 29.3. The van der Waals surface area contributed by atoms with Gasteiger partial charge in [0.2, 0.25) is 11.8 Å². The van der Waals surface area contributed by atoms with Gasteiger partial charge in [-0.3, -0.25) is 13.9 Å². The minimum absolute atomic E-state index is 0.00296. The Hall–Kier alpha value is -3.27. The Balaban J connectivity index is 1.76. The predicted octanol–water partition coefficient (Wildman–Crippen LogP) is 6.37. The van der Waals surface area contributed by atoms with Crippen LogP contribution in [-0.4, -0.2) is 50.9 Å². The van der Waals surface area contributed by atoms with Gasteiger partial charge in [0.05, 0.1) is 17.7 Å². The summed E-state index contributed by atoms with van der Waals surface area (Å²) in [6.45, 7) is 3.18. The number of ether oxygens (including phenoxy) is 1. The molecule has 1 atom stereocenters. The number of carbonyl (C=O) groups is 2. The highest BCUT2D eigenvalue weighted by Gasteiger charge is 2.35. The molecule has 8 nitrogen and oxygen atoms in total. The van der Waals surface area contributed by atoms with Crippen molar-refractivity contribution in [2.75, 3.05) is 18.0 Å². The molecule has 1 fully saturated rings. The van der Waals surface area contributed by atoms with Gasteiger partial charge in [0.15, 0.2) is 0 Å². The summed E-state index contributed by atoms with van der Waals surface area (Å²) in [7, 11) is -2.85. The number of methoxy groups -OCH3 is 1. The van der Waals surface area contributed by atoms with E-state index in [1.54, 1.807) is 48.5 Å². The monoisotopic (exact) mass is 645 g/mol. The van der Waals surface area contributed by atoms with Crippen molar-refractivity contribution in [1.29, 1.82) is 0 Å². The van der Waals surface area contributed by atoms with Gasteiger partial charge >= 0.3 is 0 Å². The number of rotatable bonds is 12. The van der Waals surface area contributed by atoms with Crippen molar-refractivity contribution >= 4 is 50.7 Å². The van der Waals surface area contributed by atoms with Gasteiger partial charge < -0.3 is 15.0 Å². The molecule has 2 amide bonds. The number of nitrogens with zero attached hydrogens (tertiary/aromatic N) is 2. The zero-order valence-electron chi connectivity index (χ0n) is 24.6. The third-order valence-corrected chi connectivity index (χ3v) is 9.91. The molecule has 0 radical (unpaired) electrons. The van der Waals surface area contributed by atoms with Gasteiger partial charge in [0, 0.05) is 22.6 Å². The summed E-state index contributed by atoms with van der Waals surface area (Å²) in [6.07, 6.45) is 4.21. The van der Waals surface area contributed by atoms with E-state index in [1.807, 2.05) is 13.8 Å². The summed E-state index contributed by atoms with van der Waals surface area (Å²) in [5.41, 5.74) is 1.74. The third kappa shape index (κ3) is 8.02. The molecule has 0 saturated heterocycles. The van der Waals surface area contributed by atoms with Crippen LogP contribution in [0.25, 0.3) is 0 Å². The number of halogens is 2. The maximum absolute atomic E-state index is 14.3. The van der Waals surface area contributed by atoms with Crippen molar-refractivity contribution in [2.24, 2.45) is 0 Å². The molecule has 1 aliphatic rings. The van der Waals surface area contributed by atoms with Crippen molar-refractivity contribution < 1.29 is 22.7 Å². The zero-order valence-corrected chi connectivity index (χ0v) is 26.9. The maximum Gasteiger partial charge on any atom is 0.264 e. The fraction of sp³-hybridized carbons (Fsp3) is 0.375. The van der Waals surface area contributed by atoms with Crippen molar-refractivity contribution in [1.82, 2.24) is 10.2 Å². The van der Waals surface area contributed by atoms with Gasteiger partial charge in [0.25, 0.3) is 10.0 Å². The summed E-state index contributed by atoms with van der Waals surface area (Å²) in [5.74, 6) is -0.589. The standard InChI is InChI=1S/C32H37Cl2N3O5S/c1-4-28(32(39)35-26-7-5-6-8-26)36(20-23-11-13-24(33)14-12-23)31(38)21-37(29-19-25(34)15-18-30(29)42-3)43(40,41)27-16-9-22(2)10-17-27/h9-19,26,28H,4-8,20-21H2,1-3H3,(H,35,39). The molecule has 0 aliphatic heterocycles. The van der Waals surface area contributed by atoms with E-state index in [0.717, 1.165) is 41.1 Å². The first kappa shape index (κ1) is 32.6. The maximum atomic E-state index is 14.3. The second-order valence-electron chi connectivity index (χ2n) is 10.7. The highest BCUT2D eigenvalue weighted by atomic mass is 35.5. The number of carbonyl (C=O) groups excluding carboxylic acids is 2. The molecule has 1 saturated carbocycles. The molecule has 3 aromatic rings. The van der Waals surface area contributed by atoms with E-state index in [9.17, 15) is 18.0 Å². The Labute approximate surface area is 264 Å². The number of anilines is 1. The van der Waals surface area contributed by atoms with Crippen LogP contribution in [-0.2, 0) is 26.2 Å². The Bertz CT molecular complexity index is 1530. The summed E-state index contributed by atoms with van der Waals surface area (Å²) in [5, 5.41) is 3.92. The van der Waals surface area contributed by atoms with Crippen LogP contribution in [0.15, 0.2) is 71.6 Å². The van der Waals surface area contributed by atoms with Crippen molar-refractivity contribution in [3.63, 3.8) is 0 Å². The molecule has 0 aromatic heterocycles. The van der Waals surface area contributed by atoms with Crippen LogP contribution in [0, 0.1) is 6.92 Å². The van der Waals surface area contributed by atoms with E-state index >= 15 is 0 Å². The topological polar surface area (TPSA) is 96.0 Å². The molecule has 1 unspecified atom stereocenters. The lowest BCUT2D eigenvalue weighted by atomic mass is 10.1. The first-order chi connectivity index (χ1) is 20.5. The number of nitrogens with one attached hydrogen (secondary N) is 1. The summed E-state index contributed by atoms with van der Waals surface area (Å²) >= 11 is 12.4. The lowest BCUT2D eigenvalue weighted by Crippen LogP contribution is -2.53. The molecule has 1 aliphatic carbocycles. The predicted molar refractivity (Wildman–Crippen MR) is 170 cm³/mol. The van der Waals surface area contributed by atoms with Gasteiger partial charge in [-0.15, -0.1) is 0 Å². The first-order valence-electron chi connectivity index (χ1n) is 14.3. The molecule has 4 rings (SSSR count). The quantitative estimate of drug-likeness (QED) is 0.247. The molecule has 0 spiro atoms. The Morgan fingerprint density at radius 3 is 2.21 bits per heavy atom. The molecule has 1 N–H and O–H groups in total. The summed E-state index contributed by atoms with van der Waals surface area (Å²) in [6, 6.07) is 17.2. The average Bonchev–Trinajstić information content (AvgIpc) is 3.50. The van der Waals surface area contributed by atoms with Crippen LogP contribution in [0.2, 0.25) is 10.0 Å². The second-order valence-corrected chi connectivity index (χ2v) is 13.4. The van der Waals surface area contributed by atoms with Crippen LogP contribution in [0.5, 0.6) is 5.75 Å². The van der Waals surface area contributed by atoms with E-state index in [0.29, 0.717) is 11.4 Å². The number of benzene rings is 3. The fourth-order valence-electron chi connectivity index (χ4n) is 5.28. The third-order valence-electron chi connectivity index (χ3n) is 7.65. The average molecular weight is 647 g/mol. The minimum atomic E-state index is -4.27. The van der Waals surface area contributed by atoms with E-state index in [2.05, 4.69) is 5.32 Å². The highest BCUT2D eigenvalue weighted by Crippen LogP contribution is 2.35. The molecular formula is C32H37Cl2N3O5S. The normalized spacial score (nSPS) is 14.3. The number of aryl methyl sites for hydroxylation is 1. The van der Waals surface area contributed by atoms with E-state index in [4.69, 9.17) is 27.9 Å². The first-order valence-corrected chi connectivity index (χ1v) is 16.5. The molecule has 230 valence electrons. The largest absolute Gasteiger partial charge is 0.495 e. The van der Waals surface area contributed by atoms with E-state index in [1.165, 1.54) is 30.2 Å². The molecular weight excluding hydrogens is 609 g/mol. The van der Waals surface area contributed by atoms with Crippen molar-refractivity contribution in [2.45, 2.75) is 69.5 Å². The minimum Gasteiger partial charge on any atom is -0.495 e. The van der Waals surface area contributed by atoms with Crippen LogP contribution < -0.4 is 14.4 Å². The number of hydrogen-bond acceptors (Lipinski definition) is 5. The smallest absolute Gasteiger partial charge is 0.264 e. The van der Waals surface area contributed by atoms with Crippen LogP contribution in [0.4, 0.5) is 5.69 Å². The van der Waals surface area contributed by atoms with E-state index in [-0.39, 0.29) is 39.8 Å². The van der Waals surface area contributed by atoms with Crippen molar-refractivity contribution in [3.05, 3.63) is 87.9 Å². The molecule has 3 aromatic carbocycles. The van der Waals surface area contributed by atoms with Gasteiger partial charge in [-0.2, -0.15) is 0 Å². The Morgan fingerprint density at radius 2 is 1.60 bits per heavy atom. The molecule has 43 heavy (non-hydrogen) atoms. The number of amides is 2. The van der Waals surface area contributed by atoms with Crippen LogP contribution >= 0.6 is 23.2 Å². The lowest BCUT2D eigenvalue weighted by Gasteiger charge is -2.34. The van der Waals surface area contributed by atoms with E-state index < -0.39 is 28.5 Å². The molecule has 0 bridgehead atoms. The van der Waals surface area contributed by atoms with Crippen LogP contribution in [0.3, 0.4) is 0 Å². The SMILES string of the molecule is CCC(C(=O)NC1CCCC1)N(Cc1ccc(Cl)cc1)C(=O)CN(c1cc(Cl)ccc1OC)S(=O)(=O)c1ccc(C)cc1. The molecule has 0 heterocycles. The van der Waals surface area contributed by atoms with Gasteiger partial charge in [-0.25, -0.2) is 8.42 Å². The Morgan fingerprint density at radius 1 is 0.977 bits per heavy atom. The van der Waals surface area contributed by atoms with Gasteiger partial charge in [-0.05, 0) is 74.2 Å². The fourth-order valence-corrected chi connectivity index (χ4v) is 6.99. The van der Waals surface area contributed by atoms with Crippen LogP contribution in [0.1, 0.15) is 50.2 Å². The van der Waals surface area contributed by atoms with Gasteiger partial charge in [0.1, 0.15) is 18.3 Å². The zero-order chi connectivity index (χ0) is 31.1. The Kier molecular flexibility index (Phi) is 11.0. The number of sulfonamides is 1. The second kappa shape index (κ2) is 14.5. The summed E-state index contributed by atoms with van der Waals surface area (Å²) < 4.78 is 34.8. The number of hydrogen-bond donors (Lipinski definition) is 1. The van der Waals surface area contributed by atoms with Gasteiger partial charge in [-0.1, -0.05) is 72.8 Å².